The van der Waals surface area contributed by atoms with Crippen LogP contribution in [-0.4, -0.2) is 154 Å². The summed E-state index contributed by atoms with van der Waals surface area (Å²) in [6.45, 7) is 5.61. The Morgan fingerprint density at radius 2 is 1.20 bits per heavy atom. The molecule has 0 unspecified atom stereocenters. The Labute approximate surface area is 179 Å². The Morgan fingerprint density at radius 3 is 1.67 bits per heavy atom. The second kappa shape index (κ2) is 11.4. The molecule has 0 radical (unpaired) electrons. The number of aliphatic hydroxyl groups excluding tert-OH is 2. The first-order valence-corrected chi connectivity index (χ1v) is 13.4. The third-order valence-corrected chi connectivity index (χ3v) is 7.56. The van der Waals surface area contributed by atoms with Gasteiger partial charge in [-0.05, 0) is 0 Å². The standard InChI is InChI=1S/C16H34N4O8S2/c21-13-7-17-1-3-18(4-2-17)9-15-30(26,27)28-20(12-16-29(23,24)25)10-5-19(6-11-20)8-14-22/h21-22H,1-16H2/p+1. The lowest BCUT2D eigenvalue weighted by molar-refractivity contribution is -1.08. The van der Waals surface area contributed by atoms with Gasteiger partial charge in [-0.2, -0.15) is 21.5 Å². The summed E-state index contributed by atoms with van der Waals surface area (Å²) in [7, 11) is -8.18. The molecule has 0 bridgehead atoms. The van der Waals surface area contributed by atoms with Gasteiger partial charge in [-0.25, -0.2) is 0 Å². The molecule has 2 rings (SSSR count). The second-order valence-electron chi connectivity index (χ2n) is 7.82. The topological polar surface area (TPSA) is 148 Å². The fourth-order valence-corrected chi connectivity index (χ4v) is 5.58. The molecule has 2 saturated heterocycles. The van der Waals surface area contributed by atoms with Crippen LogP contribution in [0, 0.1) is 0 Å². The van der Waals surface area contributed by atoms with Crippen molar-refractivity contribution in [1.82, 2.24) is 14.7 Å². The van der Waals surface area contributed by atoms with E-state index in [1.807, 2.05) is 9.80 Å². The summed E-state index contributed by atoms with van der Waals surface area (Å²) in [5, 5.41) is 18.1. The highest BCUT2D eigenvalue weighted by atomic mass is 32.2. The third kappa shape index (κ3) is 8.98. The molecule has 2 aliphatic rings. The van der Waals surface area contributed by atoms with Gasteiger partial charge in [0.05, 0.1) is 32.1 Å². The number of hydroxylamine groups is 3. The molecule has 178 valence electrons. The first kappa shape index (κ1) is 25.8. The maximum atomic E-state index is 12.7. The van der Waals surface area contributed by atoms with Crippen LogP contribution in [0.15, 0.2) is 0 Å². The Balaban J connectivity index is 1.93. The van der Waals surface area contributed by atoms with Crippen LogP contribution in [0.4, 0.5) is 0 Å². The van der Waals surface area contributed by atoms with E-state index in [0.29, 0.717) is 45.8 Å². The minimum Gasteiger partial charge on any atom is -0.395 e. The fraction of sp³-hybridized carbons (Fsp3) is 1.00. The van der Waals surface area contributed by atoms with Crippen LogP contribution < -0.4 is 0 Å². The van der Waals surface area contributed by atoms with Crippen molar-refractivity contribution in [2.75, 3.05) is 103 Å². The number of piperazine rings is 2. The number of nitrogens with zero attached hydrogens (tertiary/aromatic N) is 4. The average Bonchev–Trinajstić information content (AvgIpc) is 2.68. The summed E-state index contributed by atoms with van der Waals surface area (Å²) in [4.78, 5) is 6.09. The van der Waals surface area contributed by atoms with Crippen molar-refractivity contribution in [2.24, 2.45) is 0 Å². The summed E-state index contributed by atoms with van der Waals surface area (Å²) in [5.74, 6) is -0.797. The molecule has 2 fully saturated rings. The number of hydrogen-bond donors (Lipinski definition) is 3. The van der Waals surface area contributed by atoms with Crippen LogP contribution in [0.25, 0.3) is 0 Å². The first-order valence-electron chi connectivity index (χ1n) is 10.2. The number of hydrogen-bond acceptors (Lipinski definition) is 10. The zero-order valence-corrected chi connectivity index (χ0v) is 18.9. The SMILES string of the molecule is O=S(=O)(O)CC[N+]1(OS(=O)(=O)CCN2CCN(CCO)CC2)CCN(CCO)CC1. The minimum absolute atomic E-state index is 0.0181. The maximum Gasteiger partial charge on any atom is 0.315 e. The molecule has 0 aromatic heterocycles. The smallest absolute Gasteiger partial charge is 0.315 e. The molecule has 30 heavy (non-hydrogen) atoms. The van der Waals surface area contributed by atoms with E-state index in [0.717, 1.165) is 13.1 Å². The monoisotopic (exact) mass is 475 g/mol. The van der Waals surface area contributed by atoms with E-state index in [2.05, 4.69) is 4.90 Å². The van der Waals surface area contributed by atoms with E-state index in [1.165, 1.54) is 0 Å². The largest absolute Gasteiger partial charge is 0.395 e. The lowest BCUT2D eigenvalue weighted by Gasteiger charge is -2.40. The molecule has 12 nitrogen and oxygen atoms in total. The number of quaternary nitrogens is 1. The van der Waals surface area contributed by atoms with Crippen molar-refractivity contribution >= 4 is 20.2 Å². The maximum absolute atomic E-state index is 12.7. The number of aliphatic hydroxyl groups is 2. The summed E-state index contributed by atoms with van der Waals surface area (Å²) in [6.07, 6.45) is 0. The molecule has 0 aliphatic carbocycles. The summed E-state index contributed by atoms with van der Waals surface area (Å²) < 4.78 is 62.0. The van der Waals surface area contributed by atoms with Gasteiger partial charge in [0.1, 0.15) is 25.4 Å². The van der Waals surface area contributed by atoms with Crippen LogP contribution in [0.2, 0.25) is 0 Å². The molecule has 14 heteroatoms. The number of β-amino-alcohol motifs (C(OH)–C–C–N with tert-alkyl or cyclic N) is 2. The van der Waals surface area contributed by atoms with Crippen molar-refractivity contribution in [1.29, 1.82) is 0 Å². The van der Waals surface area contributed by atoms with Crippen molar-refractivity contribution in [3.63, 3.8) is 0 Å². The van der Waals surface area contributed by atoms with E-state index in [-0.39, 0.29) is 43.2 Å². The van der Waals surface area contributed by atoms with Crippen molar-refractivity contribution < 1.29 is 40.5 Å². The molecular formula is C16H35N4O8S2+. The Kier molecular flexibility index (Phi) is 9.86. The molecule has 0 aromatic carbocycles. The zero-order chi connectivity index (χ0) is 22.3. The molecule has 0 atom stereocenters. The molecule has 3 N–H and O–H groups in total. The predicted molar refractivity (Wildman–Crippen MR) is 110 cm³/mol. The van der Waals surface area contributed by atoms with Crippen LogP contribution >= 0.6 is 0 Å². The lowest BCUT2D eigenvalue weighted by Crippen LogP contribution is -2.62. The molecule has 0 spiro atoms. The van der Waals surface area contributed by atoms with Gasteiger partial charge in [-0.1, -0.05) is 4.28 Å². The molecule has 0 amide bonds. The summed E-state index contributed by atoms with van der Waals surface area (Å²) in [5.41, 5.74) is 0. The van der Waals surface area contributed by atoms with Gasteiger partial charge in [0, 0.05) is 45.8 Å². The molecule has 0 saturated carbocycles. The van der Waals surface area contributed by atoms with Crippen LogP contribution in [0.3, 0.4) is 0 Å². The van der Waals surface area contributed by atoms with Crippen molar-refractivity contribution in [3.8, 4) is 0 Å². The number of rotatable bonds is 12. The van der Waals surface area contributed by atoms with E-state index in [9.17, 15) is 16.8 Å². The highest BCUT2D eigenvalue weighted by molar-refractivity contribution is 7.86. The van der Waals surface area contributed by atoms with Crippen LogP contribution in [0.5, 0.6) is 0 Å². The third-order valence-electron chi connectivity index (χ3n) is 5.63. The predicted octanol–water partition coefficient (Wildman–Crippen LogP) is -3.13. The highest BCUT2D eigenvalue weighted by Crippen LogP contribution is 2.18. The van der Waals surface area contributed by atoms with Crippen molar-refractivity contribution in [3.05, 3.63) is 0 Å². The van der Waals surface area contributed by atoms with Crippen molar-refractivity contribution in [2.45, 2.75) is 0 Å². The van der Waals surface area contributed by atoms with Crippen LogP contribution in [0.1, 0.15) is 0 Å². The highest BCUT2D eigenvalue weighted by Gasteiger charge is 2.40. The molecule has 2 aliphatic heterocycles. The zero-order valence-electron chi connectivity index (χ0n) is 17.3. The summed E-state index contributed by atoms with van der Waals surface area (Å²) in [6, 6.07) is 0. The van der Waals surface area contributed by atoms with E-state index >= 15 is 0 Å². The Morgan fingerprint density at radius 1 is 0.733 bits per heavy atom. The van der Waals surface area contributed by atoms with Gasteiger partial charge in [-0.15, -0.1) is 0 Å². The molecule has 0 aromatic rings. The minimum atomic E-state index is -4.26. The van der Waals surface area contributed by atoms with Gasteiger partial charge in [-0.3, -0.25) is 19.3 Å². The Hall–Kier alpha value is -0.420. The molecular weight excluding hydrogens is 440 g/mol. The Bertz CT molecular complexity index is 718. The van der Waals surface area contributed by atoms with Gasteiger partial charge >= 0.3 is 10.1 Å². The van der Waals surface area contributed by atoms with E-state index in [4.69, 9.17) is 19.0 Å². The van der Waals surface area contributed by atoms with Crippen LogP contribution in [-0.2, 0) is 24.5 Å². The summed E-state index contributed by atoms with van der Waals surface area (Å²) >= 11 is 0. The lowest BCUT2D eigenvalue weighted by atomic mass is 10.3. The van der Waals surface area contributed by atoms with Gasteiger partial charge in [0.25, 0.3) is 10.1 Å². The first-order chi connectivity index (χ1) is 14.1. The quantitative estimate of drug-likeness (QED) is 0.194. The second-order valence-corrected chi connectivity index (χ2v) is 11.1. The molecule has 2 heterocycles. The average molecular weight is 476 g/mol. The van der Waals surface area contributed by atoms with Gasteiger partial charge in [0.15, 0.2) is 0 Å². The van der Waals surface area contributed by atoms with Gasteiger partial charge in [0.2, 0.25) is 0 Å². The fourth-order valence-electron chi connectivity index (χ4n) is 3.75. The van der Waals surface area contributed by atoms with E-state index in [1.54, 1.807) is 0 Å². The normalized spacial score (nSPS) is 22.4. The van der Waals surface area contributed by atoms with E-state index < -0.39 is 26.0 Å². The van der Waals surface area contributed by atoms with Gasteiger partial charge < -0.3 is 10.2 Å².